The highest BCUT2D eigenvalue weighted by molar-refractivity contribution is 9.10. The van der Waals surface area contributed by atoms with Crippen LogP contribution in [-0.4, -0.2) is 19.8 Å². The molecule has 2 rings (SSSR count). The van der Waals surface area contributed by atoms with Crippen LogP contribution in [0.2, 0.25) is 0 Å². The van der Waals surface area contributed by atoms with Crippen LogP contribution in [0.4, 0.5) is 10.1 Å². The predicted octanol–water partition coefficient (Wildman–Crippen LogP) is 3.05. The zero-order chi connectivity index (χ0) is 14.9. The van der Waals surface area contributed by atoms with E-state index in [1.165, 1.54) is 24.5 Å². The van der Waals surface area contributed by atoms with Crippen molar-refractivity contribution in [1.82, 2.24) is 4.31 Å². The SMILES string of the molecule is CN(Cc1cc(Br)cs1)S(=O)(=O)c1cc(N)ccc1F. The Labute approximate surface area is 129 Å². The van der Waals surface area contributed by atoms with Gasteiger partial charge in [0, 0.05) is 34.0 Å². The molecular formula is C12H12BrFN2O2S2. The second kappa shape index (κ2) is 5.80. The zero-order valence-corrected chi connectivity index (χ0v) is 13.7. The smallest absolute Gasteiger partial charge is 0.246 e. The minimum Gasteiger partial charge on any atom is -0.399 e. The molecule has 8 heteroatoms. The summed E-state index contributed by atoms with van der Waals surface area (Å²) in [7, 11) is -2.50. The van der Waals surface area contributed by atoms with Gasteiger partial charge in [-0.1, -0.05) is 0 Å². The van der Waals surface area contributed by atoms with Gasteiger partial charge in [-0.25, -0.2) is 12.8 Å². The topological polar surface area (TPSA) is 63.4 Å². The molecule has 0 spiro atoms. The number of benzene rings is 1. The van der Waals surface area contributed by atoms with Gasteiger partial charge in [-0.15, -0.1) is 11.3 Å². The molecule has 0 saturated heterocycles. The van der Waals surface area contributed by atoms with Crippen LogP contribution in [-0.2, 0) is 16.6 Å². The predicted molar refractivity (Wildman–Crippen MR) is 81.5 cm³/mol. The molecule has 0 aliphatic heterocycles. The molecule has 4 nitrogen and oxygen atoms in total. The fourth-order valence-electron chi connectivity index (χ4n) is 1.63. The molecule has 0 radical (unpaired) electrons. The first-order valence-electron chi connectivity index (χ1n) is 5.55. The molecule has 0 atom stereocenters. The highest BCUT2D eigenvalue weighted by Gasteiger charge is 2.25. The molecule has 0 unspecified atom stereocenters. The molecule has 1 aromatic carbocycles. The highest BCUT2D eigenvalue weighted by atomic mass is 79.9. The van der Waals surface area contributed by atoms with Gasteiger partial charge in [-0.3, -0.25) is 0 Å². The van der Waals surface area contributed by atoms with Crippen LogP contribution in [0.3, 0.4) is 0 Å². The summed E-state index contributed by atoms with van der Waals surface area (Å²) < 4.78 is 40.4. The monoisotopic (exact) mass is 378 g/mol. The quantitative estimate of drug-likeness (QED) is 0.831. The van der Waals surface area contributed by atoms with Crippen molar-refractivity contribution in [2.75, 3.05) is 12.8 Å². The lowest BCUT2D eigenvalue weighted by atomic mass is 10.3. The summed E-state index contributed by atoms with van der Waals surface area (Å²) in [4.78, 5) is 0.447. The molecule has 0 saturated carbocycles. The van der Waals surface area contributed by atoms with E-state index >= 15 is 0 Å². The van der Waals surface area contributed by atoms with Gasteiger partial charge in [-0.05, 0) is 40.2 Å². The van der Waals surface area contributed by atoms with Gasteiger partial charge in [-0.2, -0.15) is 4.31 Å². The Morgan fingerprint density at radius 1 is 1.40 bits per heavy atom. The number of sulfonamides is 1. The van der Waals surface area contributed by atoms with Crippen molar-refractivity contribution < 1.29 is 12.8 Å². The van der Waals surface area contributed by atoms with Gasteiger partial charge in [0.1, 0.15) is 10.7 Å². The van der Waals surface area contributed by atoms with Crippen molar-refractivity contribution in [2.24, 2.45) is 0 Å². The Morgan fingerprint density at radius 2 is 2.10 bits per heavy atom. The summed E-state index contributed by atoms with van der Waals surface area (Å²) in [5.74, 6) is -0.807. The minimum absolute atomic E-state index is 0.173. The third-order valence-electron chi connectivity index (χ3n) is 2.64. The molecule has 108 valence electrons. The van der Waals surface area contributed by atoms with Crippen LogP contribution in [0.25, 0.3) is 0 Å². The van der Waals surface area contributed by atoms with E-state index in [4.69, 9.17) is 5.73 Å². The fraction of sp³-hybridized carbons (Fsp3) is 0.167. The minimum atomic E-state index is -3.91. The van der Waals surface area contributed by atoms with Crippen molar-refractivity contribution in [3.05, 3.63) is 44.8 Å². The number of rotatable bonds is 4. The molecular weight excluding hydrogens is 367 g/mol. The van der Waals surface area contributed by atoms with E-state index in [0.29, 0.717) is 0 Å². The summed E-state index contributed by atoms with van der Waals surface area (Å²) in [5, 5.41) is 1.86. The molecule has 0 aliphatic carbocycles. The van der Waals surface area contributed by atoms with Crippen LogP contribution >= 0.6 is 27.3 Å². The molecule has 1 aromatic heterocycles. The summed E-state index contributed by atoms with van der Waals surface area (Å²) in [5.41, 5.74) is 5.73. The second-order valence-corrected chi connectivity index (χ2v) is 8.11. The average molecular weight is 379 g/mol. The highest BCUT2D eigenvalue weighted by Crippen LogP contribution is 2.25. The maximum Gasteiger partial charge on any atom is 0.246 e. The van der Waals surface area contributed by atoms with Gasteiger partial charge in [0.2, 0.25) is 10.0 Å². The Balaban J connectivity index is 2.32. The van der Waals surface area contributed by atoms with E-state index in [9.17, 15) is 12.8 Å². The van der Waals surface area contributed by atoms with E-state index in [-0.39, 0.29) is 12.2 Å². The average Bonchev–Trinajstić information content (AvgIpc) is 2.77. The number of anilines is 1. The fourth-order valence-corrected chi connectivity index (χ4v) is 4.46. The van der Waals surface area contributed by atoms with Crippen molar-refractivity contribution in [1.29, 1.82) is 0 Å². The number of hydrogen-bond acceptors (Lipinski definition) is 4. The largest absolute Gasteiger partial charge is 0.399 e. The summed E-state index contributed by atoms with van der Waals surface area (Å²) in [6, 6.07) is 5.33. The molecule has 20 heavy (non-hydrogen) atoms. The van der Waals surface area contributed by atoms with E-state index in [1.807, 2.05) is 11.4 Å². The van der Waals surface area contributed by atoms with Crippen molar-refractivity contribution in [2.45, 2.75) is 11.4 Å². The standard InChI is InChI=1S/C12H12BrFN2O2S2/c1-16(6-10-4-8(13)7-19-10)20(17,18)12-5-9(15)2-3-11(12)14/h2-5,7H,6,15H2,1H3. The van der Waals surface area contributed by atoms with E-state index < -0.39 is 20.7 Å². The van der Waals surface area contributed by atoms with Crippen molar-refractivity contribution in [3.8, 4) is 0 Å². The van der Waals surface area contributed by atoms with Gasteiger partial charge in [0.15, 0.2) is 0 Å². The third kappa shape index (κ3) is 3.20. The number of nitrogens with zero attached hydrogens (tertiary/aromatic N) is 1. The lowest BCUT2D eigenvalue weighted by Crippen LogP contribution is -2.27. The van der Waals surface area contributed by atoms with Gasteiger partial charge >= 0.3 is 0 Å². The molecule has 1 heterocycles. The number of thiophene rings is 1. The van der Waals surface area contributed by atoms with Gasteiger partial charge < -0.3 is 5.73 Å². The Morgan fingerprint density at radius 3 is 2.70 bits per heavy atom. The first kappa shape index (κ1) is 15.4. The molecule has 0 amide bonds. The Hall–Kier alpha value is -0.960. The maximum atomic E-state index is 13.7. The maximum absolute atomic E-state index is 13.7. The van der Waals surface area contributed by atoms with E-state index in [2.05, 4.69) is 15.9 Å². The normalized spacial score (nSPS) is 12.0. The summed E-state index contributed by atoms with van der Waals surface area (Å²) >= 11 is 4.73. The third-order valence-corrected chi connectivity index (χ3v) is 6.14. The lowest BCUT2D eigenvalue weighted by Gasteiger charge is -2.17. The first-order valence-corrected chi connectivity index (χ1v) is 8.66. The number of halogens is 2. The van der Waals surface area contributed by atoms with E-state index in [1.54, 1.807) is 0 Å². The van der Waals surface area contributed by atoms with Crippen molar-refractivity contribution >= 4 is 43.0 Å². The van der Waals surface area contributed by atoms with Gasteiger partial charge in [0.05, 0.1) is 0 Å². The summed E-state index contributed by atoms with van der Waals surface area (Å²) in [6.45, 7) is 0.173. The number of hydrogen-bond donors (Lipinski definition) is 1. The molecule has 0 bridgehead atoms. The van der Waals surface area contributed by atoms with Gasteiger partial charge in [0.25, 0.3) is 0 Å². The molecule has 2 N–H and O–H groups in total. The van der Waals surface area contributed by atoms with E-state index in [0.717, 1.165) is 25.8 Å². The van der Waals surface area contributed by atoms with Crippen LogP contribution in [0.5, 0.6) is 0 Å². The lowest BCUT2D eigenvalue weighted by molar-refractivity contribution is 0.462. The molecule has 0 fully saturated rings. The van der Waals surface area contributed by atoms with Crippen LogP contribution < -0.4 is 5.73 Å². The Kier molecular flexibility index (Phi) is 4.48. The number of nitrogens with two attached hydrogens (primary N) is 1. The molecule has 2 aromatic rings. The Bertz CT molecular complexity index is 731. The summed E-state index contributed by atoms with van der Waals surface area (Å²) in [6.07, 6.45) is 0. The first-order chi connectivity index (χ1) is 9.30. The van der Waals surface area contributed by atoms with Crippen LogP contribution in [0, 0.1) is 5.82 Å². The van der Waals surface area contributed by atoms with Crippen LogP contribution in [0.1, 0.15) is 4.88 Å². The van der Waals surface area contributed by atoms with Crippen LogP contribution in [0.15, 0.2) is 39.0 Å². The number of nitrogen functional groups attached to an aromatic ring is 1. The zero-order valence-electron chi connectivity index (χ0n) is 10.5. The second-order valence-electron chi connectivity index (χ2n) is 4.18. The van der Waals surface area contributed by atoms with Crippen molar-refractivity contribution in [3.63, 3.8) is 0 Å². The molecule has 0 aliphatic rings.